The molecule has 0 saturated heterocycles. The fraction of sp³-hybridized carbons (Fsp3) is 0.192. The zero-order chi connectivity index (χ0) is 25.2. The van der Waals surface area contributed by atoms with Crippen molar-refractivity contribution >= 4 is 11.0 Å². The van der Waals surface area contributed by atoms with Crippen LogP contribution >= 0.6 is 0 Å². The van der Waals surface area contributed by atoms with Crippen molar-refractivity contribution in [2.75, 3.05) is 14.2 Å². The smallest absolute Gasteiger partial charge is 0.416 e. The molecule has 4 aromatic rings. The van der Waals surface area contributed by atoms with Gasteiger partial charge in [-0.1, -0.05) is 18.2 Å². The van der Waals surface area contributed by atoms with E-state index < -0.39 is 11.7 Å². The van der Waals surface area contributed by atoms with E-state index in [2.05, 4.69) is 0 Å². The highest BCUT2D eigenvalue weighted by molar-refractivity contribution is 5.88. The van der Waals surface area contributed by atoms with Crippen LogP contribution in [0.15, 0.2) is 70.1 Å². The summed E-state index contributed by atoms with van der Waals surface area (Å²) < 4.78 is 60.4. The molecule has 0 amide bonds. The number of aliphatic hydroxyl groups excluding tert-OH is 1. The molecule has 0 unspecified atom stereocenters. The molecule has 9 heteroatoms. The molecule has 0 aliphatic heterocycles. The molecule has 1 N–H and O–H groups in total. The largest absolute Gasteiger partial charge is 0.496 e. The van der Waals surface area contributed by atoms with Crippen LogP contribution in [0.25, 0.3) is 22.1 Å². The zero-order valence-corrected chi connectivity index (χ0v) is 18.8. The topological polar surface area (TPSA) is 78.1 Å². The van der Waals surface area contributed by atoms with Gasteiger partial charge in [-0.3, -0.25) is 4.79 Å². The van der Waals surface area contributed by atoms with Crippen molar-refractivity contribution in [3.8, 4) is 28.4 Å². The van der Waals surface area contributed by atoms with Gasteiger partial charge in [-0.15, -0.1) is 0 Å². The second-order valence-electron chi connectivity index (χ2n) is 7.66. The Bertz CT molecular complexity index is 1410. The molecule has 0 aliphatic carbocycles. The highest BCUT2D eigenvalue weighted by Gasteiger charge is 2.30. The minimum Gasteiger partial charge on any atom is -0.496 e. The second-order valence-corrected chi connectivity index (χ2v) is 7.66. The Morgan fingerprint density at radius 2 is 1.60 bits per heavy atom. The van der Waals surface area contributed by atoms with Crippen molar-refractivity contribution in [3.63, 3.8) is 0 Å². The zero-order valence-electron chi connectivity index (χ0n) is 18.8. The first-order valence-corrected chi connectivity index (χ1v) is 10.5. The summed E-state index contributed by atoms with van der Waals surface area (Å²) in [6.07, 6.45) is -3.08. The quantitative estimate of drug-likeness (QED) is 0.368. The van der Waals surface area contributed by atoms with Crippen LogP contribution in [0.5, 0.6) is 17.2 Å². The van der Waals surface area contributed by atoms with Crippen molar-refractivity contribution in [1.29, 1.82) is 0 Å². The standard InChI is InChI=1S/C26H21F3O6/c1-32-21-11-17(5-8-20(21)34-13-15-3-6-18(7-4-15)26(27,28)29)19-14-35-23-10-16(12-30)9-22(33-2)24(23)25(19)31/h3-11,14,30H,12-13H2,1-2H3. The van der Waals surface area contributed by atoms with Gasteiger partial charge in [0.1, 0.15) is 29.6 Å². The molecule has 4 rings (SSSR count). The number of aliphatic hydroxyl groups is 1. The van der Waals surface area contributed by atoms with Gasteiger partial charge in [-0.05, 0) is 53.1 Å². The van der Waals surface area contributed by atoms with Crippen molar-refractivity contribution < 1.29 is 36.9 Å². The van der Waals surface area contributed by atoms with Crippen LogP contribution in [0, 0.1) is 0 Å². The highest BCUT2D eigenvalue weighted by atomic mass is 19.4. The van der Waals surface area contributed by atoms with E-state index in [0.29, 0.717) is 28.2 Å². The molecule has 0 bridgehead atoms. The van der Waals surface area contributed by atoms with Gasteiger partial charge in [-0.2, -0.15) is 13.2 Å². The number of hydrogen-bond donors (Lipinski definition) is 1. The number of benzene rings is 3. The van der Waals surface area contributed by atoms with E-state index in [1.165, 1.54) is 32.6 Å². The molecule has 0 fully saturated rings. The Balaban J connectivity index is 1.63. The van der Waals surface area contributed by atoms with E-state index in [9.17, 15) is 23.1 Å². The molecule has 0 radical (unpaired) electrons. The SMILES string of the molecule is COc1cc(-c2coc3cc(CO)cc(OC)c3c2=O)ccc1OCc1ccc(C(F)(F)F)cc1. The summed E-state index contributed by atoms with van der Waals surface area (Å²) >= 11 is 0. The first-order chi connectivity index (χ1) is 16.7. The fourth-order valence-corrected chi connectivity index (χ4v) is 3.63. The van der Waals surface area contributed by atoms with Gasteiger partial charge < -0.3 is 23.7 Å². The van der Waals surface area contributed by atoms with Gasteiger partial charge in [0.25, 0.3) is 0 Å². The Morgan fingerprint density at radius 1 is 0.886 bits per heavy atom. The van der Waals surface area contributed by atoms with Gasteiger partial charge in [0.15, 0.2) is 11.5 Å². The lowest BCUT2D eigenvalue weighted by molar-refractivity contribution is -0.137. The van der Waals surface area contributed by atoms with Gasteiger partial charge in [0, 0.05) is 0 Å². The molecule has 0 aliphatic rings. The number of alkyl halides is 3. The molecule has 1 heterocycles. The second kappa shape index (κ2) is 9.71. The number of ether oxygens (including phenoxy) is 3. The third-order valence-electron chi connectivity index (χ3n) is 5.45. The monoisotopic (exact) mass is 486 g/mol. The molecular formula is C26H21F3O6. The van der Waals surface area contributed by atoms with E-state index in [0.717, 1.165) is 12.1 Å². The molecule has 6 nitrogen and oxygen atoms in total. The summed E-state index contributed by atoms with van der Waals surface area (Å²) in [6, 6.07) is 12.7. The summed E-state index contributed by atoms with van der Waals surface area (Å²) in [5.74, 6) is 0.966. The van der Waals surface area contributed by atoms with Crippen molar-refractivity contribution in [2.45, 2.75) is 19.4 Å². The number of halogens is 3. The normalized spacial score (nSPS) is 11.5. The van der Waals surface area contributed by atoms with Gasteiger partial charge in [0.05, 0.1) is 32.0 Å². The van der Waals surface area contributed by atoms with E-state index in [4.69, 9.17) is 18.6 Å². The maximum absolute atomic E-state index is 13.2. The van der Waals surface area contributed by atoms with Crippen LogP contribution in [-0.4, -0.2) is 19.3 Å². The summed E-state index contributed by atoms with van der Waals surface area (Å²) in [6.45, 7) is -0.209. The Labute approximate surface area is 198 Å². The maximum atomic E-state index is 13.2. The number of rotatable bonds is 7. The summed E-state index contributed by atoms with van der Waals surface area (Å²) in [5.41, 5.74) is 1.09. The van der Waals surface area contributed by atoms with Gasteiger partial charge in [0.2, 0.25) is 5.43 Å². The predicted molar refractivity (Wildman–Crippen MR) is 123 cm³/mol. The average molecular weight is 486 g/mol. The molecular weight excluding hydrogens is 465 g/mol. The van der Waals surface area contributed by atoms with E-state index in [1.54, 1.807) is 30.3 Å². The lowest BCUT2D eigenvalue weighted by Crippen LogP contribution is -2.07. The van der Waals surface area contributed by atoms with Gasteiger partial charge in [-0.25, -0.2) is 0 Å². The summed E-state index contributed by atoms with van der Waals surface area (Å²) in [4.78, 5) is 13.2. The van der Waals surface area contributed by atoms with Crippen molar-refractivity contribution in [1.82, 2.24) is 0 Å². The molecule has 0 spiro atoms. The molecule has 1 aromatic heterocycles. The Hall–Kier alpha value is -3.98. The van der Waals surface area contributed by atoms with Crippen LogP contribution in [0.1, 0.15) is 16.7 Å². The van der Waals surface area contributed by atoms with Crippen molar-refractivity contribution in [2.24, 2.45) is 0 Å². The van der Waals surface area contributed by atoms with Crippen LogP contribution in [0.4, 0.5) is 13.2 Å². The van der Waals surface area contributed by atoms with Gasteiger partial charge >= 0.3 is 6.18 Å². The molecule has 0 atom stereocenters. The summed E-state index contributed by atoms with van der Waals surface area (Å²) in [7, 11) is 2.86. The maximum Gasteiger partial charge on any atom is 0.416 e. The van der Waals surface area contributed by atoms with E-state index in [-0.39, 0.29) is 40.9 Å². The molecule has 3 aromatic carbocycles. The Morgan fingerprint density at radius 3 is 2.23 bits per heavy atom. The lowest BCUT2D eigenvalue weighted by Gasteiger charge is -2.13. The fourth-order valence-electron chi connectivity index (χ4n) is 3.63. The first-order valence-electron chi connectivity index (χ1n) is 10.5. The predicted octanol–water partition coefficient (Wildman–Crippen LogP) is 5.57. The van der Waals surface area contributed by atoms with Crippen LogP contribution < -0.4 is 19.6 Å². The third-order valence-corrected chi connectivity index (χ3v) is 5.45. The first kappa shape index (κ1) is 24.2. The lowest BCUT2D eigenvalue weighted by atomic mass is 10.0. The average Bonchev–Trinajstić information content (AvgIpc) is 2.86. The van der Waals surface area contributed by atoms with Crippen LogP contribution in [0.2, 0.25) is 0 Å². The Kier molecular flexibility index (Phi) is 6.70. The van der Waals surface area contributed by atoms with Crippen LogP contribution in [-0.2, 0) is 19.4 Å². The minimum absolute atomic E-state index is 0.0242. The minimum atomic E-state index is -4.40. The third kappa shape index (κ3) is 4.95. The van der Waals surface area contributed by atoms with E-state index in [1.807, 2.05) is 0 Å². The number of hydrogen-bond acceptors (Lipinski definition) is 6. The van der Waals surface area contributed by atoms with E-state index >= 15 is 0 Å². The molecule has 35 heavy (non-hydrogen) atoms. The summed E-state index contributed by atoms with van der Waals surface area (Å²) in [5, 5.41) is 9.66. The number of fused-ring (bicyclic) bond motifs is 1. The molecule has 182 valence electrons. The molecule has 0 saturated carbocycles. The number of methoxy groups -OCH3 is 2. The van der Waals surface area contributed by atoms with Crippen molar-refractivity contribution in [3.05, 3.63) is 87.8 Å². The highest BCUT2D eigenvalue weighted by Crippen LogP contribution is 2.34. The van der Waals surface area contributed by atoms with Crippen LogP contribution in [0.3, 0.4) is 0 Å².